The van der Waals surface area contributed by atoms with Crippen LogP contribution in [0.3, 0.4) is 0 Å². The number of fused-ring (bicyclic) bond motifs is 1. The van der Waals surface area contributed by atoms with Crippen molar-refractivity contribution in [3.05, 3.63) is 60.4 Å². The fraction of sp³-hybridized carbons (Fsp3) is 0.190. The molecule has 0 amide bonds. The van der Waals surface area contributed by atoms with Crippen LogP contribution in [0.5, 0.6) is 0 Å². The molecule has 0 atom stereocenters. The van der Waals surface area contributed by atoms with Gasteiger partial charge < -0.3 is 10.6 Å². The Morgan fingerprint density at radius 1 is 1.12 bits per heavy atom. The number of pyridine rings is 1. The summed E-state index contributed by atoms with van der Waals surface area (Å²) in [7, 11) is 4.08. The Balaban J connectivity index is 2.36. The first-order valence-electron chi connectivity index (χ1n) is 8.01. The minimum Gasteiger partial charge on any atom is -0.399 e. The molecule has 0 spiro atoms. The zero-order valence-corrected chi connectivity index (χ0v) is 14.7. The Kier molecular flexibility index (Phi) is 4.02. The number of nitrogen functional groups attached to an aromatic ring is 1. The van der Waals surface area contributed by atoms with Crippen LogP contribution in [-0.2, 0) is 0 Å². The van der Waals surface area contributed by atoms with E-state index in [1.165, 1.54) is 5.39 Å². The minimum atomic E-state index is 0.779. The second kappa shape index (κ2) is 6.00. The van der Waals surface area contributed by atoms with Crippen molar-refractivity contribution in [1.29, 1.82) is 0 Å². The molecule has 24 heavy (non-hydrogen) atoms. The van der Waals surface area contributed by atoms with E-state index in [0.29, 0.717) is 0 Å². The molecule has 0 aliphatic rings. The lowest BCUT2D eigenvalue weighted by molar-refractivity contribution is 1.11. The normalized spacial score (nSPS) is 10.8. The summed E-state index contributed by atoms with van der Waals surface area (Å²) in [6, 6.07) is 12.5. The summed E-state index contributed by atoms with van der Waals surface area (Å²) >= 11 is 0. The summed E-state index contributed by atoms with van der Waals surface area (Å²) in [5.74, 6) is 0. The number of nitrogens with zero attached hydrogens (tertiary/aromatic N) is 2. The van der Waals surface area contributed by atoms with Crippen molar-refractivity contribution in [3.63, 3.8) is 0 Å². The molecule has 3 heteroatoms. The van der Waals surface area contributed by atoms with Crippen molar-refractivity contribution in [2.75, 3.05) is 24.7 Å². The van der Waals surface area contributed by atoms with Crippen LogP contribution in [0.1, 0.15) is 18.2 Å². The van der Waals surface area contributed by atoms with Crippen LogP contribution in [0.2, 0.25) is 0 Å². The Bertz CT molecular complexity index is 919. The topological polar surface area (TPSA) is 42.1 Å². The Hall–Kier alpha value is -2.81. The van der Waals surface area contributed by atoms with Gasteiger partial charge in [-0.3, -0.25) is 4.98 Å². The van der Waals surface area contributed by atoms with Gasteiger partial charge in [0.2, 0.25) is 0 Å². The number of hydrogen-bond acceptors (Lipinski definition) is 3. The van der Waals surface area contributed by atoms with Gasteiger partial charge in [-0.15, -0.1) is 0 Å². The predicted octanol–water partition coefficient (Wildman–Crippen LogP) is 4.89. The first kappa shape index (κ1) is 16.1. The standard InChI is InChI=1S/C21H23N3/c1-13(2)20-21(24(4)5)18-8-6-7-17(19(18)12-23-20)15-9-14(3)10-16(22)11-15/h6-12H,1,22H2,2-5H3. The molecule has 1 aromatic heterocycles. The van der Waals surface area contributed by atoms with E-state index in [1.54, 1.807) is 0 Å². The fourth-order valence-corrected chi connectivity index (χ4v) is 3.21. The van der Waals surface area contributed by atoms with Crippen molar-refractivity contribution in [2.45, 2.75) is 13.8 Å². The average molecular weight is 317 g/mol. The first-order valence-corrected chi connectivity index (χ1v) is 8.01. The van der Waals surface area contributed by atoms with Gasteiger partial charge in [0.05, 0.1) is 11.4 Å². The third-order valence-corrected chi connectivity index (χ3v) is 4.17. The molecule has 3 nitrogen and oxygen atoms in total. The Morgan fingerprint density at radius 2 is 1.88 bits per heavy atom. The average Bonchev–Trinajstić information content (AvgIpc) is 2.51. The molecule has 1 heterocycles. The lowest BCUT2D eigenvalue weighted by Gasteiger charge is -2.20. The van der Waals surface area contributed by atoms with E-state index in [1.807, 2.05) is 39.3 Å². The van der Waals surface area contributed by atoms with E-state index in [9.17, 15) is 0 Å². The third kappa shape index (κ3) is 2.73. The van der Waals surface area contributed by atoms with Gasteiger partial charge >= 0.3 is 0 Å². The lowest BCUT2D eigenvalue weighted by Crippen LogP contribution is -2.12. The summed E-state index contributed by atoms with van der Waals surface area (Å²) in [5.41, 5.74) is 13.2. The molecule has 2 aromatic carbocycles. The zero-order chi connectivity index (χ0) is 17.4. The van der Waals surface area contributed by atoms with E-state index in [2.05, 4.69) is 47.7 Å². The van der Waals surface area contributed by atoms with Gasteiger partial charge in [-0.1, -0.05) is 30.8 Å². The number of benzene rings is 2. The third-order valence-electron chi connectivity index (χ3n) is 4.17. The highest BCUT2D eigenvalue weighted by Gasteiger charge is 2.14. The van der Waals surface area contributed by atoms with Gasteiger partial charge in [0.15, 0.2) is 0 Å². The molecule has 0 saturated heterocycles. The highest BCUT2D eigenvalue weighted by atomic mass is 15.1. The number of aromatic nitrogens is 1. The van der Waals surface area contributed by atoms with E-state index < -0.39 is 0 Å². The number of aryl methyl sites for hydroxylation is 1. The fourth-order valence-electron chi connectivity index (χ4n) is 3.21. The van der Waals surface area contributed by atoms with E-state index >= 15 is 0 Å². The van der Waals surface area contributed by atoms with Crippen LogP contribution in [0.15, 0.2) is 49.2 Å². The summed E-state index contributed by atoms with van der Waals surface area (Å²) < 4.78 is 0. The smallest absolute Gasteiger partial charge is 0.0892 e. The van der Waals surface area contributed by atoms with Crippen LogP contribution in [0, 0.1) is 6.92 Å². The zero-order valence-electron chi connectivity index (χ0n) is 14.7. The molecule has 0 aliphatic heterocycles. The predicted molar refractivity (Wildman–Crippen MR) is 105 cm³/mol. The Labute approximate surface area is 143 Å². The monoisotopic (exact) mass is 317 g/mol. The van der Waals surface area contributed by atoms with Gasteiger partial charge in [-0.25, -0.2) is 0 Å². The maximum atomic E-state index is 6.05. The van der Waals surface area contributed by atoms with Crippen LogP contribution in [-0.4, -0.2) is 19.1 Å². The van der Waals surface area contributed by atoms with Crippen LogP contribution >= 0.6 is 0 Å². The van der Waals surface area contributed by atoms with E-state index in [0.717, 1.165) is 44.7 Å². The number of allylic oxidation sites excluding steroid dienone is 1. The maximum absolute atomic E-state index is 6.05. The number of nitrogens with two attached hydrogens (primary N) is 1. The summed E-state index contributed by atoms with van der Waals surface area (Å²) in [4.78, 5) is 6.79. The molecule has 0 unspecified atom stereocenters. The van der Waals surface area contributed by atoms with Crippen molar-refractivity contribution in [1.82, 2.24) is 4.98 Å². The lowest BCUT2D eigenvalue weighted by atomic mass is 9.96. The van der Waals surface area contributed by atoms with Crippen LogP contribution in [0.4, 0.5) is 11.4 Å². The van der Waals surface area contributed by atoms with E-state index in [4.69, 9.17) is 5.73 Å². The number of anilines is 2. The highest BCUT2D eigenvalue weighted by molar-refractivity contribution is 6.05. The molecule has 3 aromatic rings. The quantitative estimate of drug-likeness (QED) is 0.699. The summed E-state index contributed by atoms with van der Waals surface area (Å²) in [5, 5.41) is 2.29. The molecular weight excluding hydrogens is 294 g/mol. The summed E-state index contributed by atoms with van der Waals surface area (Å²) in [6.45, 7) is 8.13. The van der Waals surface area contributed by atoms with Gasteiger partial charge in [0, 0.05) is 36.8 Å². The van der Waals surface area contributed by atoms with Gasteiger partial charge in [0.1, 0.15) is 0 Å². The van der Waals surface area contributed by atoms with Crippen molar-refractivity contribution in [2.24, 2.45) is 0 Å². The molecular formula is C21H23N3. The second-order valence-corrected chi connectivity index (χ2v) is 6.53. The van der Waals surface area contributed by atoms with Crippen LogP contribution in [0.25, 0.3) is 27.5 Å². The SMILES string of the molecule is C=C(C)c1ncc2c(-c3cc(C)cc(N)c3)cccc2c1N(C)C. The van der Waals surface area contributed by atoms with Gasteiger partial charge in [-0.2, -0.15) is 0 Å². The molecule has 0 radical (unpaired) electrons. The molecule has 3 rings (SSSR count). The van der Waals surface area contributed by atoms with E-state index in [-0.39, 0.29) is 0 Å². The highest BCUT2D eigenvalue weighted by Crippen LogP contribution is 2.37. The van der Waals surface area contributed by atoms with Crippen LogP contribution < -0.4 is 10.6 Å². The van der Waals surface area contributed by atoms with Gasteiger partial charge in [-0.05, 0) is 48.2 Å². The van der Waals surface area contributed by atoms with Gasteiger partial charge in [0.25, 0.3) is 0 Å². The molecule has 0 bridgehead atoms. The van der Waals surface area contributed by atoms with Crippen molar-refractivity contribution < 1.29 is 0 Å². The first-order chi connectivity index (χ1) is 11.4. The van der Waals surface area contributed by atoms with Crippen molar-refractivity contribution in [3.8, 4) is 11.1 Å². The number of rotatable bonds is 3. The number of hydrogen-bond donors (Lipinski definition) is 1. The summed E-state index contributed by atoms with van der Waals surface area (Å²) in [6.07, 6.45) is 1.94. The largest absolute Gasteiger partial charge is 0.399 e. The Morgan fingerprint density at radius 3 is 2.50 bits per heavy atom. The maximum Gasteiger partial charge on any atom is 0.0892 e. The molecule has 0 saturated carbocycles. The minimum absolute atomic E-state index is 0.779. The molecule has 0 aliphatic carbocycles. The second-order valence-electron chi connectivity index (χ2n) is 6.53. The van der Waals surface area contributed by atoms with Crippen molar-refractivity contribution >= 4 is 27.7 Å². The molecule has 122 valence electrons. The molecule has 2 N–H and O–H groups in total. The molecule has 0 fully saturated rings.